The van der Waals surface area contributed by atoms with Crippen LogP contribution in [0.15, 0.2) is 42.5 Å². The van der Waals surface area contributed by atoms with Crippen molar-refractivity contribution >= 4 is 40.1 Å². The van der Waals surface area contributed by atoms with Crippen LogP contribution in [0.1, 0.15) is 87.1 Å². The molecule has 36 heavy (non-hydrogen) atoms. The standard InChI is InChI=1S/C29H35ClN2O4/c1-5-10-24(29(2,3)4)36-28(34)25-21(31)16-15-20(30)26(25)32-22-14-9-6-11-18(22)17-23(32)27(33)35-19-12-7-8-13-19/h6,9,11,14-17,19,24H,5,7-8,10,12-13,31H2,1-4H3. The van der Waals surface area contributed by atoms with Gasteiger partial charge in [0, 0.05) is 11.1 Å². The average molecular weight is 511 g/mol. The first-order chi connectivity index (χ1) is 17.1. The van der Waals surface area contributed by atoms with E-state index < -0.39 is 11.9 Å². The van der Waals surface area contributed by atoms with Crippen LogP contribution in [-0.4, -0.2) is 28.7 Å². The highest BCUT2D eigenvalue weighted by atomic mass is 35.5. The molecule has 1 aliphatic carbocycles. The van der Waals surface area contributed by atoms with E-state index in [1.165, 1.54) is 0 Å². The monoisotopic (exact) mass is 510 g/mol. The first-order valence-electron chi connectivity index (χ1n) is 12.7. The number of para-hydroxylation sites is 1. The van der Waals surface area contributed by atoms with E-state index in [0.29, 0.717) is 11.4 Å². The molecule has 2 aromatic carbocycles. The number of anilines is 1. The van der Waals surface area contributed by atoms with Crippen LogP contribution >= 0.6 is 11.6 Å². The zero-order chi connectivity index (χ0) is 26.0. The molecule has 1 fully saturated rings. The summed E-state index contributed by atoms with van der Waals surface area (Å²) in [6, 6.07) is 12.6. The second-order valence-corrected chi connectivity index (χ2v) is 11.1. The zero-order valence-electron chi connectivity index (χ0n) is 21.5. The topological polar surface area (TPSA) is 83.5 Å². The van der Waals surface area contributed by atoms with E-state index in [2.05, 4.69) is 6.92 Å². The summed E-state index contributed by atoms with van der Waals surface area (Å²) < 4.78 is 13.6. The Bertz CT molecular complexity index is 1270. The summed E-state index contributed by atoms with van der Waals surface area (Å²) in [6.45, 7) is 8.18. The summed E-state index contributed by atoms with van der Waals surface area (Å²) in [6.07, 6.45) is 4.97. The molecular formula is C29H35ClN2O4. The van der Waals surface area contributed by atoms with Crippen molar-refractivity contribution in [1.29, 1.82) is 0 Å². The van der Waals surface area contributed by atoms with Gasteiger partial charge in [0.1, 0.15) is 23.5 Å². The molecule has 0 saturated heterocycles. The fourth-order valence-corrected chi connectivity index (χ4v) is 5.14. The Hall–Kier alpha value is -2.99. The molecule has 0 radical (unpaired) electrons. The van der Waals surface area contributed by atoms with Crippen molar-refractivity contribution in [3.63, 3.8) is 0 Å². The summed E-state index contributed by atoms with van der Waals surface area (Å²) in [5, 5.41) is 1.11. The summed E-state index contributed by atoms with van der Waals surface area (Å²) >= 11 is 6.74. The minimum absolute atomic E-state index is 0.105. The van der Waals surface area contributed by atoms with Crippen LogP contribution in [0.2, 0.25) is 5.02 Å². The van der Waals surface area contributed by atoms with Crippen molar-refractivity contribution in [2.24, 2.45) is 5.41 Å². The Kier molecular flexibility index (Phi) is 7.65. The number of nitrogens with zero attached hydrogens (tertiary/aromatic N) is 1. The fraction of sp³-hybridized carbons (Fsp3) is 0.448. The van der Waals surface area contributed by atoms with Crippen molar-refractivity contribution < 1.29 is 19.1 Å². The van der Waals surface area contributed by atoms with Gasteiger partial charge in [-0.05, 0) is 61.8 Å². The van der Waals surface area contributed by atoms with E-state index >= 15 is 0 Å². The van der Waals surface area contributed by atoms with Crippen LogP contribution in [0.4, 0.5) is 5.69 Å². The zero-order valence-corrected chi connectivity index (χ0v) is 22.2. The molecule has 6 nitrogen and oxygen atoms in total. The summed E-state index contributed by atoms with van der Waals surface area (Å²) in [4.78, 5) is 27.1. The minimum Gasteiger partial charge on any atom is -0.458 e. The van der Waals surface area contributed by atoms with Gasteiger partial charge in [-0.1, -0.05) is 63.9 Å². The number of esters is 2. The molecule has 1 atom stereocenters. The fourth-order valence-electron chi connectivity index (χ4n) is 4.90. The van der Waals surface area contributed by atoms with Gasteiger partial charge in [-0.25, -0.2) is 9.59 Å². The molecule has 0 spiro atoms. The highest BCUT2D eigenvalue weighted by Gasteiger charge is 2.32. The summed E-state index contributed by atoms with van der Waals surface area (Å²) in [7, 11) is 0. The number of rotatable bonds is 7. The largest absolute Gasteiger partial charge is 0.458 e. The van der Waals surface area contributed by atoms with E-state index in [4.69, 9.17) is 26.8 Å². The summed E-state index contributed by atoms with van der Waals surface area (Å²) in [5.41, 5.74) is 7.83. The van der Waals surface area contributed by atoms with Crippen LogP contribution in [0.3, 0.4) is 0 Å². The maximum atomic E-state index is 13.7. The van der Waals surface area contributed by atoms with E-state index in [-0.39, 0.29) is 33.9 Å². The van der Waals surface area contributed by atoms with Crippen LogP contribution in [-0.2, 0) is 9.47 Å². The van der Waals surface area contributed by atoms with Gasteiger partial charge in [0.2, 0.25) is 0 Å². The predicted molar refractivity (Wildman–Crippen MR) is 144 cm³/mol. The van der Waals surface area contributed by atoms with Gasteiger partial charge >= 0.3 is 11.9 Å². The molecule has 4 rings (SSSR count). The third-order valence-electron chi connectivity index (χ3n) is 6.85. The molecule has 1 aliphatic rings. The third-order valence-corrected chi connectivity index (χ3v) is 7.16. The SMILES string of the molecule is CCCC(OC(=O)c1c(N)ccc(Cl)c1-n1c(C(=O)OC2CCCC2)cc2ccccc21)C(C)(C)C. The Labute approximate surface area is 217 Å². The van der Waals surface area contributed by atoms with Crippen molar-refractivity contribution in [3.05, 3.63) is 58.7 Å². The molecule has 0 amide bonds. The molecule has 7 heteroatoms. The maximum Gasteiger partial charge on any atom is 0.355 e. The molecule has 0 bridgehead atoms. The second-order valence-electron chi connectivity index (χ2n) is 10.6. The summed E-state index contributed by atoms with van der Waals surface area (Å²) in [5.74, 6) is -1.01. The van der Waals surface area contributed by atoms with E-state index in [1.807, 2.05) is 45.0 Å². The van der Waals surface area contributed by atoms with Gasteiger partial charge in [-0.2, -0.15) is 0 Å². The van der Waals surface area contributed by atoms with Gasteiger partial charge in [0.15, 0.2) is 0 Å². The van der Waals surface area contributed by atoms with Gasteiger partial charge in [0.25, 0.3) is 0 Å². The average Bonchev–Trinajstić information content (AvgIpc) is 3.47. The Balaban J connectivity index is 1.86. The van der Waals surface area contributed by atoms with Gasteiger partial charge < -0.3 is 19.8 Å². The molecule has 2 N–H and O–H groups in total. The Morgan fingerprint density at radius 1 is 1.11 bits per heavy atom. The van der Waals surface area contributed by atoms with E-state index in [1.54, 1.807) is 22.8 Å². The smallest absolute Gasteiger partial charge is 0.355 e. The second kappa shape index (κ2) is 10.6. The van der Waals surface area contributed by atoms with Gasteiger partial charge in [0.05, 0.1) is 16.2 Å². The lowest BCUT2D eigenvalue weighted by molar-refractivity contribution is -0.00611. The molecule has 0 aliphatic heterocycles. The van der Waals surface area contributed by atoms with Crippen molar-refractivity contribution in [2.75, 3.05) is 5.73 Å². The van der Waals surface area contributed by atoms with Crippen molar-refractivity contribution in [2.45, 2.75) is 78.4 Å². The maximum absolute atomic E-state index is 13.7. The Morgan fingerprint density at radius 3 is 2.47 bits per heavy atom. The molecule has 1 saturated carbocycles. The number of benzene rings is 2. The first kappa shape index (κ1) is 26.1. The van der Waals surface area contributed by atoms with Gasteiger partial charge in [-0.3, -0.25) is 0 Å². The number of aromatic nitrogens is 1. The van der Waals surface area contributed by atoms with Gasteiger partial charge in [-0.15, -0.1) is 0 Å². The number of ether oxygens (including phenoxy) is 2. The van der Waals surface area contributed by atoms with E-state index in [0.717, 1.165) is 49.4 Å². The highest BCUT2D eigenvalue weighted by molar-refractivity contribution is 6.33. The molecule has 1 unspecified atom stereocenters. The third kappa shape index (κ3) is 5.24. The lowest BCUT2D eigenvalue weighted by Crippen LogP contribution is -2.32. The number of carbonyl (C=O) groups excluding carboxylic acids is 2. The normalized spacial score (nSPS) is 15.2. The lowest BCUT2D eigenvalue weighted by Gasteiger charge is -2.30. The van der Waals surface area contributed by atoms with Crippen LogP contribution in [0.5, 0.6) is 0 Å². The predicted octanol–water partition coefficient (Wildman–Crippen LogP) is 7.34. The lowest BCUT2D eigenvalue weighted by atomic mass is 9.86. The number of nitrogens with two attached hydrogens (primary N) is 1. The Morgan fingerprint density at radius 2 is 1.81 bits per heavy atom. The van der Waals surface area contributed by atoms with Crippen LogP contribution in [0.25, 0.3) is 16.6 Å². The molecule has 1 heterocycles. The minimum atomic E-state index is -0.564. The van der Waals surface area contributed by atoms with Crippen molar-refractivity contribution in [1.82, 2.24) is 4.57 Å². The molecular weight excluding hydrogens is 476 g/mol. The quantitative estimate of drug-likeness (QED) is 0.265. The number of nitrogen functional groups attached to an aromatic ring is 1. The number of carbonyl (C=O) groups is 2. The number of halogens is 1. The van der Waals surface area contributed by atoms with Crippen LogP contribution < -0.4 is 5.73 Å². The highest BCUT2D eigenvalue weighted by Crippen LogP contribution is 2.37. The number of fused-ring (bicyclic) bond motifs is 1. The van der Waals surface area contributed by atoms with E-state index in [9.17, 15) is 9.59 Å². The number of hydrogen-bond donors (Lipinski definition) is 1. The number of hydrogen-bond acceptors (Lipinski definition) is 5. The van der Waals surface area contributed by atoms with Crippen LogP contribution in [0, 0.1) is 5.41 Å². The molecule has 192 valence electrons. The molecule has 3 aromatic rings. The van der Waals surface area contributed by atoms with Crippen molar-refractivity contribution in [3.8, 4) is 5.69 Å². The molecule has 1 aromatic heterocycles. The first-order valence-corrected chi connectivity index (χ1v) is 13.1.